The van der Waals surface area contributed by atoms with Gasteiger partial charge in [0.25, 0.3) is 5.91 Å². The summed E-state index contributed by atoms with van der Waals surface area (Å²) in [5.74, 6) is 0.0899. The molecule has 1 heterocycles. The van der Waals surface area contributed by atoms with Crippen LogP contribution in [-0.4, -0.2) is 28.1 Å². The molecule has 1 amide bonds. The Morgan fingerprint density at radius 3 is 2.38 bits per heavy atom. The summed E-state index contributed by atoms with van der Waals surface area (Å²) >= 11 is 0. The number of amides is 1. The van der Waals surface area contributed by atoms with E-state index < -0.39 is 5.97 Å². The molecule has 2 N–H and O–H groups in total. The van der Waals surface area contributed by atoms with Crippen molar-refractivity contribution in [2.45, 2.75) is 77.2 Å². The zero-order valence-electron chi connectivity index (χ0n) is 20.3. The van der Waals surface area contributed by atoms with Gasteiger partial charge in [-0.3, -0.25) is 4.79 Å². The number of fused-ring (bicyclic) bond motifs is 1. The maximum atomic E-state index is 12.4. The van der Waals surface area contributed by atoms with Gasteiger partial charge in [0.1, 0.15) is 0 Å². The Labute approximate surface area is 202 Å². The summed E-state index contributed by atoms with van der Waals surface area (Å²) in [6.07, 6.45) is 10.3. The fraction of sp³-hybridized carbons (Fsp3) is 0.448. The van der Waals surface area contributed by atoms with Gasteiger partial charge in [0.2, 0.25) is 0 Å². The van der Waals surface area contributed by atoms with Gasteiger partial charge in [-0.1, -0.05) is 51.3 Å². The Kier molecular flexibility index (Phi) is 7.71. The number of hydrogen-bond acceptors (Lipinski definition) is 2. The highest BCUT2D eigenvalue weighted by atomic mass is 16.4. The van der Waals surface area contributed by atoms with Crippen LogP contribution >= 0.6 is 0 Å². The van der Waals surface area contributed by atoms with Crippen molar-refractivity contribution >= 4 is 22.8 Å². The lowest BCUT2D eigenvalue weighted by Crippen LogP contribution is -2.24. The maximum absolute atomic E-state index is 12.4. The number of carbonyl (C=O) groups is 2. The lowest BCUT2D eigenvalue weighted by Gasteiger charge is -2.21. The highest BCUT2D eigenvalue weighted by molar-refractivity contribution is 5.95. The quantitative estimate of drug-likeness (QED) is 0.348. The molecule has 3 aromatic rings. The molecule has 0 spiro atoms. The fourth-order valence-electron chi connectivity index (χ4n) is 5.11. The Balaban J connectivity index is 1.38. The Bertz CT molecular complexity index is 1140. The summed E-state index contributed by atoms with van der Waals surface area (Å²) in [6, 6.07) is 13.4. The molecule has 0 unspecified atom stereocenters. The van der Waals surface area contributed by atoms with E-state index in [0.29, 0.717) is 29.5 Å². The van der Waals surface area contributed by atoms with E-state index in [-0.39, 0.29) is 5.91 Å². The van der Waals surface area contributed by atoms with Gasteiger partial charge in [-0.05, 0) is 72.9 Å². The molecule has 1 fully saturated rings. The fourth-order valence-corrected chi connectivity index (χ4v) is 5.11. The van der Waals surface area contributed by atoms with Crippen LogP contribution in [0.3, 0.4) is 0 Å². The van der Waals surface area contributed by atoms with Crippen LogP contribution in [0.25, 0.3) is 10.9 Å². The largest absolute Gasteiger partial charge is 0.478 e. The number of nitrogens with zero attached hydrogens (tertiary/aromatic N) is 1. The first kappa shape index (κ1) is 24.1. The molecule has 2 aromatic carbocycles. The van der Waals surface area contributed by atoms with Crippen LogP contribution in [0.15, 0.2) is 48.7 Å². The van der Waals surface area contributed by atoms with E-state index >= 15 is 0 Å². The van der Waals surface area contributed by atoms with E-state index in [1.54, 1.807) is 6.07 Å². The van der Waals surface area contributed by atoms with Crippen molar-refractivity contribution in [3.8, 4) is 0 Å². The number of unbranched alkanes of at least 4 members (excludes halogenated alkanes) is 1. The number of aromatic nitrogens is 1. The third kappa shape index (κ3) is 5.52. The number of aryl methyl sites for hydroxylation is 1. The second-order valence-electron chi connectivity index (χ2n) is 9.89. The number of carboxylic acids is 1. The van der Waals surface area contributed by atoms with E-state index in [2.05, 4.69) is 29.9 Å². The first-order chi connectivity index (χ1) is 16.4. The smallest absolute Gasteiger partial charge is 0.335 e. The normalized spacial score (nSPS) is 14.6. The van der Waals surface area contributed by atoms with Crippen molar-refractivity contribution in [1.82, 2.24) is 9.88 Å². The number of hydrogen-bond donors (Lipinski definition) is 2. The third-order valence-electron chi connectivity index (χ3n) is 7.16. The SMILES string of the molecule is CC(C)c1ccc(C(=O)NCCCCn2cc(C3CCCCC3)c3ccc(C(=O)O)cc32)cc1. The van der Waals surface area contributed by atoms with E-state index in [1.165, 1.54) is 48.6 Å². The summed E-state index contributed by atoms with van der Waals surface area (Å²) in [5.41, 5.74) is 4.63. The van der Waals surface area contributed by atoms with Gasteiger partial charge in [-0.15, -0.1) is 0 Å². The highest BCUT2D eigenvalue weighted by Gasteiger charge is 2.21. The van der Waals surface area contributed by atoms with E-state index in [0.717, 1.165) is 24.9 Å². The standard InChI is InChI=1S/C29H36N2O3/c1-20(2)21-10-12-23(13-11-21)28(32)30-16-6-7-17-31-19-26(22-8-4-3-5-9-22)25-15-14-24(29(33)34)18-27(25)31/h10-15,18-20,22H,3-9,16-17H2,1-2H3,(H,30,32)(H,33,34). The number of carboxylic acid groups (broad SMARTS) is 1. The average Bonchev–Trinajstić information content (AvgIpc) is 3.22. The van der Waals surface area contributed by atoms with Crippen molar-refractivity contribution in [2.24, 2.45) is 0 Å². The number of nitrogens with one attached hydrogen (secondary N) is 1. The van der Waals surface area contributed by atoms with E-state index in [4.69, 9.17) is 0 Å². The zero-order chi connectivity index (χ0) is 24.1. The molecule has 1 aromatic heterocycles. The molecule has 5 nitrogen and oxygen atoms in total. The van der Waals surface area contributed by atoms with Gasteiger partial charge in [-0.2, -0.15) is 0 Å². The van der Waals surface area contributed by atoms with Crippen molar-refractivity contribution in [1.29, 1.82) is 0 Å². The molecular weight excluding hydrogens is 424 g/mol. The second kappa shape index (κ2) is 10.9. The van der Waals surface area contributed by atoms with E-state index in [1.807, 2.05) is 36.4 Å². The molecule has 5 heteroatoms. The second-order valence-corrected chi connectivity index (χ2v) is 9.89. The van der Waals surface area contributed by atoms with Crippen molar-refractivity contribution in [3.63, 3.8) is 0 Å². The Morgan fingerprint density at radius 2 is 1.71 bits per heavy atom. The molecule has 0 radical (unpaired) electrons. The molecule has 0 saturated heterocycles. The summed E-state index contributed by atoms with van der Waals surface area (Å²) < 4.78 is 2.22. The van der Waals surface area contributed by atoms with Crippen molar-refractivity contribution < 1.29 is 14.7 Å². The van der Waals surface area contributed by atoms with Crippen molar-refractivity contribution in [3.05, 3.63) is 70.9 Å². The first-order valence-corrected chi connectivity index (χ1v) is 12.7. The van der Waals surface area contributed by atoms with Crippen LogP contribution in [0.5, 0.6) is 0 Å². The minimum Gasteiger partial charge on any atom is -0.478 e. The molecular formula is C29H36N2O3. The first-order valence-electron chi connectivity index (χ1n) is 12.7. The number of carbonyl (C=O) groups excluding carboxylic acids is 1. The molecule has 34 heavy (non-hydrogen) atoms. The van der Waals surface area contributed by atoms with Crippen LogP contribution in [-0.2, 0) is 6.54 Å². The van der Waals surface area contributed by atoms with Crippen LogP contribution < -0.4 is 5.32 Å². The molecule has 0 bridgehead atoms. The average molecular weight is 461 g/mol. The minimum absolute atomic E-state index is 0.0348. The predicted molar refractivity (Wildman–Crippen MR) is 137 cm³/mol. The summed E-state index contributed by atoms with van der Waals surface area (Å²) in [5, 5.41) is 13.7. The number of aromatic carboxylic acids is 1. The van der Waals surface area contributed by atoms with Crippen LogP contribution in [0.2, 0.25) is 0 Å². The highest BCUT2D eigenvalue weighted by Crippen LogP contribution is 2.37. The molecule has 1 aliphatic carbocycles. The van der Waals surface area contributed by atoms with Gasteiger partial charge >= 0.3 is 5.97 Å². The Hall–Kier alpha value is -3.08. The molecule has 0 atom stereocenters. The van der Waals surface area contributed by atoms with Crippen LogP contribution in [0, 0.1) is 0 Å². The zero-order valence-corrected chi connectivity index (χ0v) is 20.3. The third-order valence-corrected chi connectivity index (χ3v) is 7.16. The molecule has 4 rings (SSSR count). The summed E-state index contributed by atoms with van der Waals surface area (Å²) in [4.78, 5) is 24.0. The van der Waals surface area contributed by atoms with Gasteiger partial charge in [0.15, 0.2) is 0 Å². The van der Waals surface area contributed by atoms with Gasteiger partial charge in [-0.25, -0.2) is 4.79 Å². The number of rotatable bonds is 9. The Morgan fingerprint density at radius 1 is 1.00 bits per heavy atom. The van der Waals surface area contributed by atoms with Gasteiger partial charge < -0.3 is 15.0 Å². The molecule has 0 aliphatic heterocycles. The maximum Gasteiger partial charge on any atom is 0.335 e. The van der Waals surface area contributed by atoms with Gasteiger partial charge in [0, 0.05) is 35.8 Å². The minimum atomic E-state index is -0.891. The molecule has 1 saturated carbocycles. The summed E-state index contributed by atoms with van der Waals surface area (Å²) in [6.45, 7) is 5.72. The monoisotopic (exact) mass is 460 g/mol. The lowest BCUT2D eigenvalue weighted by molar-refractivity contribution is 0.0696. The predicted octanol–water partition coefficient (Wildman–Crippen LogP) is 6.72. The van der Waals surface area contributed by atoms with E-state index in [9.17, 15) is 14.7 Å². The lowest BCUT2D eigenvalue weighted by atomic mass is 9.84. The molecule has 1 aliphatic rings. The van der Waals surface area contributed by atoms with Gasteiger partial charge in [0.05, 0.1) is 5.56 Å². The summed E-state index contributed by atoms with van der Waals surface area (Å²) in [7, 11) is 0. The van der Waals surface area contributed by atoms with Crippen LogP contribution in [0.4, 0.5) is 0 Å². The topological polar surface area (TPSA) is 71.3 Å². The molecule has 180 valence electrons. The number of benzene rings is 2. The van der Waals surface area contributed by atoms with Crippen molar-refractivity contribution in [2.75, 3.05) is 6.54 Å². The van der Waals surface area contributed by atoms with Crippen LogP contribution in [0.1, 0.15) is 102 Å².